The molecule has 2 aliphatic heterocycles. The van der Waals surface area contributed by atoms with E-state index >= 15 is 0 Å². The molecule has 28 heavy (non-hydrogen) atoms. The molecule has 6 heteroatoms. The topological polar surface area (TPSA) is 31.4 Å². The van der Waals surface area contributed by atoms with Crippen LogP contribution >= 0.6 is 11.6 Å². The van der Waals surface area contributed by atoms with Gasteiger partial charge in [-0.2, -0.15) is 0 Å². The van der Waals surface area contributed by atoms with Crippen LogP contribution in [0.15, 0.2) is 42.6 Å². The highest BCUT2D eigenvalue weighted by Gasteiger charge is 2.20. The zero-order valence-corrected chi connectivity index (χ0v) is 16.7. The van der Waals surface area contributed by atoms with E-state index in [1.54, 1.807) is 6.07 Å². The maximum Gasteiger partial charge on any atom is 0.143 e. The van der Waals surface area contributed by atoms with Crippen LogP contribution in [-0.4, -0.2) is 48.6 Å². The predicted octanol–water partition coefficient (Wildman–Crippen LogP) is 3.96. The molecule has 1 fully saturated rings. The van der Waals surface area contributed by atoms with E-state index < -0.39 is 0 Å². The lowest BCUT2D eigenvalue weighted by Crippen LogP contribution is -2.45. The van der Waals surface area contributed by atoms with Gasteiger partial charge in [0.25, 0.3) is 0 Å². The summed E-state index contributed by atoms with van der Waals surface area (Å²) in [5.74, 6) is -0.273. The molecule has 4 rings (SSSR count). The minimum atomic E-state index is -0.273. The molecule has 0 atom stereocenters. The first-order valence-electron chi connectivity index (χ1n) is 9.94. The summed E-state index contributed by atoms with van der Waals surface area (Å²) in [7, 11) is 0. The molecule has 1 aromatic heterocycles. The molecule has 0 radical (unpaired) electrons. The summed E-state index contributed by atoms with van der Waals surface area (Å²) >= 11 is 6.06. The summed E-state index contributed by atoms with van der Waals surface area (Å²) in [6.45, 7) is 5.74. The van der Waals surface area contributed by atoms with Gasteiger partial charge in [-0.1, -0.05) is 29.8 Å². The third-order valence-corrected chi connectivity index (χ3v) is 5.80. The molecular weight excluding hydrogens is 375 g/mol. The molecule has 0 spiro atoms. The number of fused-ring (bicyclic) bond motifs is 1. The third-order valence-electron chi connectivity index (χ3n) is 5.56. The van der Waals surface area contributed by atoms with Crippen LogP contribution in [0.2, 0.25) is 5.02 Å². The number of likely N-dealkylation sites (tertiary alicyclic amines) is 1. The van der Waals surface area contributed by atoms with Crippen LogP contribution in [0.5, 0.6) is 0 Å². The monoisotopic (exact) mass is 400 g/mol. The fraction of sp³-hybridized carbons (Fsp3) is 0.409. The van der Waals surface area contributed by atoms with E-state index in [2.05, 4.69) is 32.2 Å². The van der Waals surface area contributed by atoms with E-state index in [1.165, 1.54) is 11.8 Å². The predicted molar refractivity (Wildman–Crippen MR) is 113 cm³/mol. The van der Waals surface area contributed by atoms with Crippen molar-refractivity contribution in [3.05, 3.63) is 64.7 Å². The van der Waals surface area contributed by atoms with Gasteiger partial charge in [-0.15, -0.1) is 0 Å². The second-order valence-electron chi connectivity index (χ2n) is 7.53. The van der Waals surface area contributed by atoms with E-state index in [9.17, 15) is 4.39 Å². The molecule has 0 bridgehead atoms. The maximum absolute atomic E-state index is 13.6. The van der Waals surface area contributed by atoms with Gasteiger partial charge in [0.1, 0.15) is 5.82 Å². The average Bonchev–Trinajstić information content (AvgIpc) is 2.71. The second kappa shape index (κ2) is 9.03. The average molecular weight is 401 g/mol. The highest BCUT2D eigenvalue weighted by molar-refractivity contribution is 6.30. The van der Waals surface area contributed by atoms with Gasteiger partial charge >= 0.3 is 0 Å². The molecule has 0 unspecified atom stereocenters. The number of rotatable bonds is 6. The maximum atomic E-state index is 13.6. The van der Waals surface area contributed by atoms with Crippen molar-refractivity contribution in [3.8, 4) is 0 Å². The molecule has 1 saturated heterocycles. The van der Waals surface area contributed by atoms with E-state index in [-0.39, 0.29) is 5.82 Å². The molecule has 2 aliphatic rings. The molecule has 2 aromatic rings. The van der Waals surface area contributed by atoms with Gasteiger partial charge in [0.2, 0.25) is 0 Å². The Morgan fingerprint density at radius 2 is 2.04 bits per heavy atom. The summed E-state index contributed by atoms with van der Waals surface area (Å²) < 4.78 is 13.6. The molecule has 0 saturated carbocycles. The standard InChI is InChI=1S/C22H26ClFN4/c23-18-4-1-3-17(13-18)15-25-20-6-9-27(10-7-20)11-12-28-8-2-5-21-22(28)14-19(24)16-26-21/h1-5,13-14,16,20,25H,6-12,15H2. The molecule has 4 nitrogen and oxygen atoms in total. The zero-order chi connectivity index (χ0) is 19.3. The van der Waals surface area contributed by atoms with Crippen molar-refractivity contribution < 1.29 is 4.39 Å². The second-order valence-corrected chi connectivity index (χ2v) is 7.97. The quantitative estimate of drug-likeness (QED) is 0.795. The molecule has 3 heterocycles. The van der Waals surface area contributed by atoms with Crippen molar-refractivity contribution in [1.82, 2.24) is 15.2 Å². The lowest BCUT2D eigenvalue weighted by molar-refractivity contribution is 0.201. The Balaban J connectivity index is 1.22. The van der Waals surface area contributed by atoms with Crippen LogP contribution in [0, 0.1) is 5.82 Å². The number of aromatic nitrogens is 1. The Hall–Kier alpha value is -1.95. The molecule has 148 valence electrons. The summed E-state index contributed by atoms with van der Waals surface area (Å²) in [5, 5.41) is 4.45. The first kappa shape index (κ1) is 19.4. The van der Waals surface area contributed by atoms with Crippen molar-refractivity contribution >= 4 is 23.4 Å². The van der Waals surface area contributed by atoms with Crippen LogP contribution in [0.25, 0.3) is 6.08 Å². The lowest BCUT2D eigenvalue weighted by Gasteiger charge is -2.35. The van der Waals surface area contributed by atoms with Crippen LogP contribution in [0.4, 0.5) is 10.1 Å². The van der Waals surface area contributed by atoms with Crippen molar-refractivity contribution in [2.75, 3.05) is 37.6 Å². The van der Waals surface area contributed by atoms with Crippen LogP contribution in [0.3, 0.4) is 0 Å². The Kier molecular flexibility index (Phi) is 6.25. The van der Waals surface area contributed by atoms with E-state index in [0.717, 1.165) is 68.5 Å². The molecule has 0 amide bonds. The van der Waals surface area contributed by atoms with Gasteiger partial charge in [0, 0.05) is 43.3 Å². The van der Waals surface area contributed by atoms with Crippen molar-refractivity contribution in [3.63, 3.8) is 0 Å². The normalized spacial score (nSPS) is 17.7. The molecule has 1 aromatic carbocycles. The first-order valence-corrected chi connectivity index (χ1v) is 10.3. The number of pyridine rings is 1. The number of benzene rings is 1. The number of piperidine rings is 1. The van der Waals surface area contributed by atoms with Crippen molar-refractivity contribution in [1.29, 1.82) is 0 Å². The fourth-order valence-corrected chi connectivity index (χ4v) is 4.17. The van der Waals surface area contributed by atoms with Crippen LogP contribution < -0.4 is 10.2 Å². The number of halogens is 2. The minimum absolute atomic E-state index is 0.273. The first-order chi connectivity index (χ1) is 13.7. The van der Waals surface area contributed by atoms with Crippen LogP contribution in [0.1, 0.15) is 24.1 Å². The third kappa shape index (κ3) is 4.90. The highest BCUT2D eigenvalue weighted by atomic mass is 35.5. The van der Waals surface area contributed by atoms with Gasteiger partial charge in [-0.3, -0.25) is 4.98 Å². The number of anilines is 1. The minimum Gasteiger partial charge on any atom is -0.365 e. The lowest BCUT2D eigenvalue weighted by atomic mass is 10.0. The van der Waals surface area contributed by atoms with Crippen LogP contribution in [-0.2, 0) is 6.54 Å². The number of hydrogen-bond acceptors (Lipinski definition) is 4. The molecule has 0 aliphatic carbocycles. The Labute approximate surface area is 171 Å². The number of nitrogens with one attached hydrogen (secondary N) is 1. The Morgan fingerprint density at radius 1 is 1.18 bits per heavy atom. The van der Waals surface area contributed by atoms with Crippen molar-refractivity contribution in [2.24, 2.45) is 0 Å². The fourth-order valence-electron chi connectivity index (χ4n) is 3.95. The smallest absolute Gasteiger partial charge is 0.143 e. The number of nitrogens with zero attached hydrogens (tertiary/aromatic N) is 3. The summed E-state index contributed by atoms with van der Waals surface area (Å²) in [6.07, 6.45) is 7.65. The van der Waals surface area contributed by atoms with Gasteiger partial charge < -0.3 is 15.1 Å². The molecular formula is C22H26ClFN4. The Bertz CT molecular complexity index is 833. The van der Waals surface area contributed by atoms with Gasteiger partial charge in [-0.25, -0.2) is 4.39 Å². The van der Waals surface area contributed by atoms with Crippen molar-refractivity contribution in [2.45, 2.75) is 25.4 Å². The number of hydrogen-bond donors (Lipinski definition) is 1. The Morgan fingerprint density at radius 3 is 2.86 bits per heavy atom. The molecule has 1 N–H and O–H groups in total. The zero-order valence-electron chi connectivity index (χ0n) is 16.0. The summed E-state index contributed by atoms with van der Waals surface area (Å²) in [5.41, 5.74) is 2.99. The highest BCUT2D eigenvalue weighted by Crippen LogP contribution is 2.24. The van der Waals surface area contributed by atoms with Gasteiger partial charge in [-0.05, 0) is 49.7 Å². The van der Waals surface area contributed by atoms with Gasteiger partial charge in [0.05, 0.1) is 17.6 Å². The van der Waals surface area contributed by atoms with Gasteiger partial charge in [0.15, 0.2) is 0 Å². The van der Waals surface area contributed by atoms with E-state index in [1.807, 2.05) is 24.3 Å². The SMILES string of the molecule is Fc1cnc2c(c1)N(CCN1CCC(NCc3cccc(Cl)c3)CC1)CC=C2. The summed E-state index contributed by atoms with van der Waals surface area (Å²) in [4.78, 5) is 8.91. The largest absolute Gasteiger partial charge is 0.365 e. The summed E-state index contributed by atoms with van der Waals surface area (Å²) in [6, 6.07) is 10.2. The van der Waals surface area contributed by atoms with E-state index in [0.29, 0.717) is 6.04 Å². The van der Waals surface area contributed by atoms with E-state index in [4.69, 9.17) is 11.6 Å².